The van der Waals surface area contributed by atoms with Crippen LogP contribution in [0.3, 0.4) is 0 Å². The van der Waals surface area contributed by atoms with E-state index in [1.54, 1.807) is 6.08 Å². The van der Waals surface area contributed by atoms with Crippen LogP contribution in [0.15, 0.2) is 64.6 Å². The number of benzene rings is 2. The summed E-state index contributed by atoms with van der Waals surface area (Å²) < 4.78 is 3.12. The van der Waals surface area contributed by atoms with E-state index in [1.165, 1.54) is 0 Å². The molecular formula is C24H22BrN3O. The van der Waals surface area contributed by atoms with E-state index in [4.69, 9.17) is 0 Å². The van der Waals surface area contributed by atoms with E-state index in [0.29, 0.717) is 0 Å². The van der Waals surface area contributed by atoms with Crippen molar-refractivity contribution < 1.29 is 4.79 Å². The molecule has 1 N–H and O–H groups in total. The molecule has 146 valence electrons. The highest BCUT2D eigenvalue weighted by atomic mass is 79.9. The fourth-order valence-electron chi connectivity index (χ4n) is 3.37. The number of carbonyl (C=O) groups is 1. The number of hydrogen-bond acceptors (Lipinski definition) is 2. The SMILES string of the molecule is CCc1ccccc1NC(=O)/C(C#N)=C\c1cc(C)n(-c2ccc(Br)cc2)c1C. The number of nitrogens with one attached hydrogen (secondary N) is 1. The third-order valence-electron chi connectivity index (χ3n) is 4.87. The Kier molecular flexibility index (Phi) is 6.36. The first-order chi connectivity index (χ1) is 13.9. The van der Waals surface area contributed by atoms with Crippen molar-refractivity contribution in [1.29, 1.82) is 5.26 Å². The molecule has 0 aliphatic carbocycles. The quantitative estimate of drug-likeness (QED) is 0.387. The van der Waals surface area contributed by atoms with Gasteiger partial charge in [0.2, 0.25) is 0 Å². The molecule has 0 aliphatic heterocycles. The molecule has 3 rings (SSSR count). The molecule has 1 amide bonds. The number of halogens is 1. The standard InChI is InChI=1S/C24H22BrN3O/c1-4-18-7-5-6-8-23(18)27-24(29)20(15-26)14-19-13-16(2)28(17(19)3)22-11-9-21(25)10-12-22/h5-14H,4H2,1-3H3,(H,27,29)/b20-14-. The molecule has 0 radical (unpaired) electrons. The fraction of sp³-hybridized carbons (Fsp3) is 0.167. The molecule has 0 saturated carbocycles. The molecule has 0 atom stereocenters. The molecule has 0 bridgehead atoms. The van der Waals surface area contributed by atoms with Crippen molar-refractivity contribution in [3.63, 3.8) is 0 Å². The molecule has 2 aromatic carbocycles. The lowest BCUT2D eigenvalue weighted by atomic mass is 10.1. The summed E-state index contributed by atoms with van der Waals surface area (Å²) >= 11 is 3.46. The van der Waals surface area contributed by atoms with Crippen molar-refractivity contribution in [2.75, 3.05) is 5.32 Å². The van der Waals surface area contributed by atoms with Crippen molar-refractivity contribution in [3.05, 3.63) is 87.2 Å². The Hall–Kier alpha value is -3.10. The molecule has 0 aliphatic rings. The maximum Gasteiger partial charge on any atom is 0.266 e. The number of nitrogens with zero attached hydrogens (tertiary/aromatic N) is 2. The Balaban J connectivity index is 1.93. The summed E-state index contributed by atoms with van der Waals surface area (Å²) in [6, 6.07) is 19.7. The van der Waals surface area contributed by atoms with Gasteiger partial charge < -0.3 is 9.88 Å². The van der Waals surface area contributed by atoms with Gasteiger partial charge in [-0.05, 0) is 73.9 Å². The summed E-state index contributed by atoms with van der Waals surface area (Å²) in [5.41, 5.74) is 5.73. The van der Waals surface area contributed by atoms with E-state index in [9.17, 15) is 10.1 Å². The Bertz CT molecular complexity index is 1120. The van der Waals surface area contributed by atoms with E-state index < -0.39 is 5.91 Å². The minimum atomic E-state index is -0.401. The van der Waals surface area contributed by atoms with Gasteiger partial charge in [0.05, 0.1) is 0 Å². The van der Waals surface area contributed by atoms with Crippen LogP contribution >= 0.6 is 15.9 Å². The van der Waals surface area contributed by atoms with Crippen LogP contribution in [0.2, 0.25) is 0 Å². The average Bonchev–Trinajstić information content (AvgIpc) is 3.00. The zero-order chi connectivity index (χ0) is 21.0. The Morgan fingerprint density at radius 3 is 2.52 bits per heavy atom. The lowest BCUT2D eigenvalue weighted by molar-refractivity contribution is -0.112. The van der Waals surface area contributed by atoms with Crippen molar-refractivity contribution >= 4 is 33.6 Å². The van der Waals surface area contributed by atoms with Crippen LogP contribution in [0.4, 0.5) is 5.69 Å². The number of nitriles is 1. The van der Waals surface area contributed by atoms with Gasteiger partial charge >= 0.3 is 0 Å². The lowest BCUT2D eigenvalue weighted by Gasteiger charge is -2.10. The van der Waals surface area contributed by atoms with Crippen molar-refractivity contribution in [1.82, 2.24) is 4.57 Å². The number of aryl methyl sites for hydroxylation is 2. The molecule has 0 unspecified atom stereocenters. The average molecular weight is 448 g/mol. The highest BCUT2D eigenvalue weighted by molar-refractivity contribution is 9.10. The van der Waals surface area contributed by atoms with Gasteiger partial charge in [-0.15, -0.1) is 0 Å². The molecule has 0 spiro atoms. The molecule has 3 aromatic rings. The van der Waals surface area contributed by atoms with Gasteiger partial charge in [-0.25, -0.2) is 0 Å². The Morgan fingerprint density at radius 2 is 1.86 bits per heavy atom. The van der Waals surface area contributed by atoms with Crippen molar-refractivity contribution in [2.24, 2.45) is 0 Å². The van der Waals surface area contributed by atoms with Crippen molar-refractivity contribution in [2.45, 2.75) is 27.2 Å². The normalized spacial score (nSPS) is 11.2. The second kappa shape index (κ2) is 8.93. The van der Waals surface area contributed by atoms with E-state index in [0.717, 1.165) is 44.8 Å². The van der Waals surface area contributed by atoms with Gasteiger partial charge in [-0.3, -0.25) is 4.79 Å². The summed E-state index contributed by atoms with van der Waals surface area (Å²) in [5.74, 6) is -0.401. The maximum absolute atomic E-state index is 12.7. The predicted molar refractivity (Wildman–Crippen MR) is 121 cm³/mol. The summed E-state index contributed by atoms with van der Waals surface area (Å²) in [6.45, 7) is 6.03. The second-order valence-corrected chi connectivity index (χ2v) is 7.69. The smallest absolute Gasteiger partial charge is 0.266 e. The number of amides is 1. The number of hydrogen-bond donors (Lipinski definition) is 1. The van der Waals surface area contributed by atoms with Gasteiger partial charge in [0, 0.05) is 27.2 Å². The van der Waals surface area contributed by atoms with E-state index in [1.807, 2.05) is 81.4 Å². The first-order valence-corrected chi connectivity index (χ1v) is 10.2. The zero-order valence-electron chi connectivity index (χ0n) is 16.7. The topological polar surface area (TPSA) is 57.8 Å². The monoisotopic (exact) mass is 447 g/mol. The number of aromatic nitrogens is 1. The number of anilines is 1. The van der Waals surface area contributed by atoms with Crippen LogP contribution in [0.1, 0.15) is 29.4 Å². The molecule has 0 saturated heterocycles. The number of carbonyl (C=O) groups excluding carboxylic acids is 1. The van der Waals surface area contributed by atoms with Crippen LogP contribution < -0.4 is 5.32 Å². The number of para-hydroxylation sites is 1. The minimum Gasteiger partial charge on any atom is -0.321 e. The van der Waals surface area contributed by atoms with E-state index in [-0.39, 0.29) is 5.57 Å². The molecule has 0 fully saturated rings. The predicted octanol–water partition coefficient (Wildman–Crippen LogP) is 5.96. The highest BCUT2D eigenvalue weighted by Crippen LogP contribution is 2.24. The number of rotatable bonds is 5. The summed E-state index contributed by atoms with van der Waals surface area (Å²) in [5, 5.41) is 12.5. The van der Waals surface area contributed by atoms with Gasteiger partial charge in [-0.1, -0.05) is 41.1 Å². The van der Waals surface area contributed by atoms with Crippen LogP contribution in [-0.4, -0.2) is 10.5 Å². The summed E-state index contributed by atoms with van der Waals surface area (Å²) in [6.07, 6.45) is 2.46. The fourth-order valence-corrected chi connectivity index (χ4v) is 3.63. The van der Waals surface area contributed by atoms with Crippen LogP contribution in [0.25, 0.3) is 11.8 Å². The maximum atomic E-state index is 12.7. The van der Waals surface area contributed by atoms with Crippen LogP contribution in [0.5, 0.6) is 0 Å². The zero-order valence-corrected chi connectivity index (χ0v) is 18.2. The molecular weight excluding hydrogens is 426 g/mol. The first kappa shape index (κ1) is 20.6. The van der Waals surface area contributed by atoms with E-state index >= 15 is 0 Å². The first-order valence-electron chi connectivity index (χ1n) is 9.40. The Morgan fingerprint density at radius 1 is 1.17 bits per heavy atom. The lowest BCUT2D eigenvalue weighted by Crippen LogP contribution is -2.14. The summed E-state index contributed by atoms with van der Waals surface area (Å²) in [7, 11) is 0. The highest BCUT2D eigenvalue weighted by Gasteiger charge is 2.15. The van der Waals surface area contributed by atoms with Crippen molar-refractivity contribution in [3.8, 4) is 11.8 Å². The third kappa shape index (κ3) is 4.49. The second-order valence-electron chi connectivity index (χ2n) is 6.77. The third-order valence-corrected chi connectivity index (χ3v) is 5.40. The van der Waals surface area contributed by atoms with Gasteiger partial charge in [0.25, 0.3) is 5.91 Å². The van der Waals surface area contributed by atoms with Gasteiger partial charge in [0.1, 0.15) is 11.6 Å². The minimum absolute atomic E-state index is 0.0759. The van der Waals surface area contributed by atoms with Crippen LogP contribution in [0, 0.1) is 25.2 Å². The van der Waals surface area contributed by atoms with Gasteiger partial charge in [0.15, 0.2) is 0 Å². The molecule has 29 heavy (non-hydrogen) atoms. The Labute approximate surface area is 179 Å². The molecule has 1 heterocycles. The van der Waals surface area contributed by atoms with E-state index in [2.05, 4.69) is 25.8 Å². The molecule has 4 nitrogen and oxygen atoms in total. The summed E-state index contributed by atoms with van der Waals surface area (Å²) in [4.78, 5) is 12.7. The largest absolute Gasteiger partial charge is 0.321 e. The van der Waals surface area contributed by atoms with Gasteiger partial charge in [-0.2, -0.15) is 5.26 Å². The molecule has 5 heteroatoms. The molecule has 1 aromatic heterocycles. The van der Waals surface area contributed by atoms with Crippen LogP contribution in [-0.2, 0) is 11.2 Å².